The van der Waals surface area contributed by atoms with Gasteiger partial charge in [-0.3, -0.25) is 9.36 Å². The van der Waals surface area contributed by atoms with Crippen LogP contribution in [0.2, 0.25) is 0 Å². The lowest BCUT2D eigenvalue weighted by molar-refractivity contribution is -0.870. The van der Waals surface area contributed by atoms with E-state index in [1.807, 2.05) is 21.1 Å². The van der Waals surface area contributed by atoms with E-state index < -0.39 is 20.0 Å². The van der Waals surface area contributed by atoms with Gasteiger partial charge in [-0.2, -0.15) is 0 Å². The molecule has 87 heavy (non-hydrogen) atoms. The number of quaternary nitrogens is 1. The summed E-state index contributed by atoms with van der Waals surface area (Å²) in [5.41, 5.74) is 0. The van der Waals surface area contributed by atoms with Crippen molar-refractivity contribution in [3.05, 3.63) is 60.8 Å². The molecule has 0 aliphatic heterocycles. The molecule has 0 rings (SSSR count). The van der Waals surface area contributed by atoms with Crippen molar-refractivity contribution in [2.24, 2.45) is 0 Å². The van der Waals surface area contributed by atoms with Gasteiger partial charge in [0.2, 0.25) is 5.91 Å². The maximum atomic E-state index is 13.1. The van der Waals surface area contributed by atoms with E-state index in [9.17, 15) is 19.4 Å². The molecule has 0 aromatic rings. The number of amides is 1. The van der Waals surface area contributed by atoms with Crippen LogP contribution in [-0.4, -0.2) is 68.5 Å². The summed E-state index contributed by atoms with van der Waals surface area (Å²) >= 11 is 0. The Morgan fingerprint density at radius 3 is 1.02 bits per heavy atom. The summed E-state index contributed by atoms with van der Waals surface area (Å²) in [5.74, 6) is -0.157. The van der Waals surface area contributed by atoms with Crippen LogP contribution in [0.1, 0.15) is 380 Å². The van der Waals surface area contributed by atoms with Gasteiger partial charge in [-0.05, 0) is 57.8 Å². The average molecular weight is 1240 g/mol. The number of phosphoric ester groups is 1. The molecule has 0 heterocycles. The number of rotatable bonds is 71. The highest BCUT2D eigenvalue weighted by molar-refractivity contribution is 7.45. The van der Waals surface area contributed by atoms with Gasteiger partial charge in [-0.1, -0.05) is 376 Å². The van der Waals surface area contributed by atoms with Crippen molar-refractivity contribution in [2.45, 2.75) is 392 Å². The fourth-order valence-electron chi connectivity index (χ4n) is 11.7. The quantitative estimate of drug-likeness (QED) is 0.0272. The molecule has 8 nitrogen and oxygen atoms in total. The molecule has 0 saturated carbocycles. The van der Waals surface area contributed by atoms with E-state index in [4.69, 9.17) is 9.05 Å². The number of unbranched alkanes of at least 4 members (excludes halogenated alkanes) is 48. The van der Waals surface area contributed by atoms with Gasteiger partial charge in [0.1, 0.15) is 13.2 Å². The van der Waals surface area contributed by atoms with E-state index in [2.05, 4.69) is 79.9 Å². The first-order chi connectivity index (χ1) is 42.5. The lowest BCUT2D eigenvalue weighted by atomic mass is 10.0. The summed E-state index contributed by atoms with van der Waals surface area (Å²) in [6.07, 6.45) is 94.7. The first kappa shape index (κ1) is 85.2. The molecule has 1 amide bonds. The minimum absolute atomic E-state index is 0.0136. The summed E-state index contributed by atoms with van der Waals surface area (Å²) < 4.78 is 23.6. The van der Waals surface area contributed by atoms with Gasteiger partial charge < -0.3 is 28.8 Å². The van der Waals surface area contributed by atoms with Gasteiger partial charge in [-0.25, -0.2) is 0 Å². The number of nitrogens with one attached hydrogen (secondary N) is 1. The monoisotopic (exact) mass is 1240 g/mol. The average Bonchev–Trinajstić information content (AvgIpc) is 3.70. The van der Waals surface area contributed by atoms with Crippen molar-refractivity contribution in [2.75, 3.05) is 40.9 Å². The van der Waals surface area contributed by atoms with Crippen LogP contribution in [0.3, 0.4) is 0 Å². The number of aliphatic hydroxyl groups excluding tert-OH is 1. The number of hydrogen-bond donors (Lipinski definition) is 2. The molecular formula is C78H149N2O6P. The zero-order valence-corrected chi connectivity index (χ0v) is 59.6. The third-order valence-corrected chi connectivity index (χ3v) is 18.5. The van der Waals surface area contributed by atoms with Crippen LogP contribution in [0.4, 0.5) is 0 Å². The number of aliphatic hydroxyl groups is 1. The first-order valence-electron chi connectivity index (χ1n) is 38.1. The standard InChI is InChI=1S/C78H149N2O6P/c1-6-8-10-12-14-16-18-20-22-24-26-28-30-32-34-36-37-38-39-40-41-42-43-44-46-48-50-52-54-56-58-60-62-64-66-68-70-72-78(82)79-76(75-86-87(83,84)85-74-73-80(3,4)5)77(81)71-69-67-65-63-61-59-57-55-53-51-49-47-45-35-33-31-29-27-25-23-21-19-17-15-13-11-9-7-2/h8,10,14,16,20,22,26,28,32,34,76-77,81H,6-7,9,11-13,15,17-19,21,23-25,27,29-31,33,35-75H2,1-5H3,(H-,79,82,83,84)/b10-8-,16-14-,22-20-,28-26-,34-32-. The highest BCUT2D eigenvalue weighted by atomic mass is 31.2. The Bertz CT molecular complexity index is 1600. The van der Waals surface area contributed by atoms with Crippen molar-refractivity contribution in [3.8, 4) is 0 Å². The lowest BCUT2D eigenvalue weighted by Gasteiger charge is -2.30. The Kier molecular flexibility index (Phi) is 67.1. The number of allylic oxidation sites excluding steroid dienone is 10. The van der Waals surface area contributed by atoms with Crippen molar-refractivity contribution >= 4 is 13.7 Å². The van der Waals surface area contributed by atoms with Crippen LogP contribution < -0.4 is 10.2 Å². The van der Waals surface area contributed by atoms with Gasteiger partial charge in [0.05, 0.1) is 39.9 Å². The summed E-state index contributed by atoms with van der Waals surface area (Å²) in [5, 5.41) is 14.1. The minimum Gasteiger partial charge on any atom is -0.756 e. The molecule has 0 aliphatic rings. The largest absolute Gasteiger partial charge is 0.756 e. The highest BCUT2D eigenvalue weighted by Crippen LogP contribution is 2.38. The van der Waals surface area contributed by atoms with E-state index in [0.717, 1.165) is 70.6 Å². The van der Waals surface area contributed by atoms with Crippen LogP contribution >= 0.6 is 7.82 Å². The van der Waals surface area contributed by atoms with E-state index in [-0.39, 0.29) is 19.1 Å². The smallest absolute Gasteiger partial charge is 0.268 e. The van der Waals surface area contributed by atoms with E-state index in [1.165, 1.54) is 283 Å². The number of carbonyl (C=O) groups excluding carboxylic acids is 1. The fraction of sp³-hybridized carbons (Fsp3) is 0.859. The van der Waals surface area contributed by atoms with Crippen molar-refractivity contribution in [1.82, 2.24) is 5.32 Å². The Morgan fingerprint density at radius 2 is 0.701 bits per heavy atom. The lowest BCUT2D eigenvalue weighted by Crippen LogP contribution is -2.46. The Morgan fingerprint density at radius 1 is 0.414 bits per heavy atom. The molecule has 0 aromatic carbocycles. The Labute approximate surface area is 542 Å². The van der Waals surface area contributed by atoms with Gasteiger partial charge in [0, 0.05) is 6.42 Å². The van der Waals surface area contributed by atoms with Gasteiger partial charge in [-0.15, -0.1) is 0 Å². The number of nitrogens with zero attached hydrogens (tertiary/aromatic N) is 1. The second-order valence-corrected chi connectivity index (χ2v) is 28.7. The summed E-state index contributed by atoms with van der Waals surface area (Å²) in [4.78, 5) is 25.7. The molecular weight excluding hydrogens is 1090 g/mol. The van der Waals surface area contributed by atoms with Crippen LogP contribution in [0.5, 0.6) is 0 Å². The molecule has 3 unspecified atom stereocenters. The molecule has 0 spiro atoms. The topological polar surface area (TPSA) is 108 Å². The SMILES string of the molecule is CC/C=C\C/C=C\C/C=C\C/C=C\C/C=C\CCCCCCCCCCCCCCCCCCCCCCCC(=O)NC(COP(=O)([O-])OCC[N+](C)(C)C)C(O)CCCCCCCCCCCCCCCCCCCCCCCCCCCCCC. The second kappa shape index (κ2) is 68.6. The number of carbonyl (C=O) groups is 1. The van der Waals surface area contributed by atoms with Gasteiger partial charge >= 0.3 is 0 Å². The number of likely N-dealkylation sites (N-methyl/N-ethyl adjacent to an activating group) is 1. The van der Waals surface area contributed by atoms with E-state index >= 15 is 0 Å². The number of hydrogen-bond acceptors (Lipinski definition) is 6. The molecule has 9 heteroatoms. The van der Waals surface area contributed by atoms with Gasteiger partial charge in [0.25, 0.3) is 7.82 Å². The molecule has 0 bridgehead atoms. The maximum Gasteiger partial charge on any atom is 0.268 e. The predicted octanol–water partition coefficient (Wildman–Crippen LogP) is 24.1. The maximum absolute atomic E-state index is 13.1. The zero-order chi connectivity index (χ0) is 63.4. The fourth-order valence-corrected chi connectivity index (χ4v) is 12.4. The summed E-state index contributed by atoms with van der Waals surface area (Å²) in [6.45, 7) is 4.67. The minimum atomic E-state index is -4.58. The first-order valence-corrected chi connectivity index (χ1v) is 39.6. The van der Waals surface area contributed by atoms with Crippen LogP contribution in [0.25, 0.3) is 0 Å². The van der Waals surface area contributed by atoms with Crippen molar-refractivity contribution in [3.63, 3.8) is 0 Å². The predicted molar refractivity (Wildman–Crippen MR) is 381 cm³/mol. The van der Waals surface area contributed by atoms with Crippen LogP contribution in [-0.2, 0) is 18.4 Å². The third-order valence-electron chi connectivity index (χ3n) is 17.5. The van der Waals surface area contributed by atoms with Crippen LogP contribution in [0, 0.1) is 0 Å². The van der Waals surface area contributed by atoms with E-state index in [0.29, 0.717) is 23.9 Å². The molecule has 0 fully saturated rings. The third kappa shape index (κ3) is 71.5. The summed E-state index contributed by atoms with van der Waals surface area (Å²) in [6, 6.07) is -0.802. The molecule has 512 valence electrons. The molecule has 0 aliphatic carbocycles. The normalized spacial score (nSPS) is 13.9. The molecule has 0 saturated heterocycles. The number of phosphoric acid groups is 1. The van der Waals surface area contributed by atoms with Gasteiger partial charge in [0.15, 0.2) is 0 Å². The van der Waals surface area contributed by atoms with Crippen molar-refractivity contribution < 1.29 is 32.9 Å². The summed E-state index contributed by atoms with van der Waals surface area (Å²) in [7, 11) is 1.32. The molecule has 0 aromatic heterocycles. The highest BCUT2D eigenvalue weighted by Gasteiger charge is 2.24. The zero-order valence-electron chi connectivity index (χ0n) is 58.7. The molecule has 3 atom stereocenters. The Balaban J connectivity index is 3.94. The Hall–Kier alpha value is -1.80. The van der Waals surface area contributed by atoms with Crippen molar-refractivity contribution in [1.29, 1.82) is 0 Å². The van der Waals surface area contributed by atoms with E-state index in [1.54, 1.807) is 0 Å². The second-order valence-electron chi connectivity index (χ2n) is 27.3. The van der Waals surface area contributed by atoms with Crippen LogP contribution in [0.15, 0.2) is 60.8 Å². The molecule has 0 radical (unpaired) electrons. The molecule has 2 N–H and O–H groups in total.